The zero-order chi connectivity index (χ0) is 13.1. The summed E-state index contributed by atoms with van der Waals surface area (Å²) < 4.78 is 0. The van der Waals surface area contributed by atoms with Gasteiger partial charge in [-0.2, -0.15) is 11.8 Å². The Labute approximate surface area is 108 Å². The first kappa shape index (κ1) is 14.1. The second kappa shape index (κ2) is 5.58. The number of aromatic nitrogens is 2. The van der Waals surface area contributed by atoms with Gasteiger partial charge in [0.15, 0.2) is 0 Å². The van der Waals surface area contributed by atoms with Gasteiger partial charge in [0.1, 0.15) is 17.5 Å². The van der Waals surface area contributed by atoms with Crippen molar-refractivity contribution in [1.29, 1.82) is 0 Å². The van der Waals surface area contributed by atoms with Crippen molar-refractivity contribution >= 4 is 23.4 Å². The summed E-state index contributed by atoms with van der Waals surface area (Å²) in [5, 5.41) is 0. The zero-order valence-electron chi connectivity index (χ0n) is 11.3. The minimum absolute atomic E-state index is 0.0789. The summed E-state index contributed by atoms with van der Waals surface area (Å²) in [4.78, 5) is 11.0. The van der Waals surface area contributed by atoms with Gasteiger partial charge in [0, 0.05) is 30.8 Å². The van der Waals surface area contributed by atoms with E-state index in [0.29, 0.717) is 5.82 Å². The first-order chi connectivity index (χ1) is 7.84. The first-order valence-corrected chi connectivity index (χ1v) is 7.09. The zero-order valence-corrected chi connectivity index (χ0v) is 12.1. The average Bonchev–Trinajstić information content (AvgIpc) is 2.23. The maximum absolute atomic E-state index is 5.84. The molecule has 1 aromatic rings. The van der Waals surface area contributed by atoms with Crippen molar-refractivity contribution in [2.24, 2.45) is 0 Å². The van der Waals surface area contributed by atoms with E-state index in [-0.39, 0.29) is 5.41 Å². The summed E-state index contributed by atoms with van der Waals surface area (Å²) in [6, 6.07) is 1.83. The van der Waals surface area contributed by atoms with E-state index in [9.17, 15) is 0 Å². The van der Waals surface area contributed by atoms with Gasteiger partial charge < -0.3 is 10.6 Å². The molecule has 2 N–H and O–H groups in total. The summed E-state index contributed by atoms with van der Waals surface area (Å²) >= 11 is 1.82. The SMILES string of the molecule is CSCCN(C)c1cc(N)nc(C(C)(C)C)n1. The molecule has 0 radical (unpaired) electrons. The number of thioether (sulfide) groups is 1. The van der Waals surface area contributed by atoms with E-state index >= 15 is 0 Å². The van der Waals surface area contributed by atoms with Gasteiger partial charge in [-0.15, -0.1) is 0 Å². The Morgan fingerprint density at radius 2 is 2.00 bits per heavy atom. The summed E-state index contributed by atoms with van der Waals surface area (Å²) in [6.45, 7) is 7.23. The Hall–Kier alpha value is -0.970. The lowest BCUT2D eigenvalue weighted by Crippen LogP contribution is -2.24. The number of nitrogen functional groups attached to an aromatic ring is 1. The van der Waals surface area contributed by atoms with Gasteiger partial charge in [0.2, 0.25) is 0 Å². The third-order valence-corrected chi connectivity index (χ3v) is 3.02. The molecule has 0 saturated heterocycles. The van der Waals surface area contributed by atoms with E-state index in [1.54, 1.807) is 0 Å². The number of hydrogen-bond acceptors (Lipinski definition) is 5. The molecular weight excluding hydrogens is 232 g/mol. The Morgan fingerprint density at radius 3 is 2.53 bits per heavy atom. The summed E-state index contributed by atoms with van der Waals surface area (Å²) in [5.74, 6) is 3.31. The maximum Gasteiger partial charge on any atom is 0.138 e. The standard InChI is InChI=1S/C12H22N4S/c1-12(2,3)11-14-9(13)8-10(15-11)16(4)6-7-17-5/h8H,6-7H2,1-5H3,(H2,13,14,15). The van der Waals surface area contributed by atoms with E-state index in [4.69, 9.17) is 5.73 Å². The number of nitrogens with zero attached hydrogens (tertiary/aromatic N) is 3. The van der Waals surface area contributed by atoms with Gasteiger partial charge in [-0.05, 0) is 6.26 Å². The lowest BCUT2D eigenvalue weighted by atomic mass is 9.96. The summed E-state index contributed by atoms with van der Waals surface area (Å²) in [5.41, 5.74) is 5.76. The Kier molecular flexibility index (Phi) is 4.62. The van der Waals surface area contributed by atoms with E-state index < -0.39 is 0 Å². The molecule has 0 atom stereocenters. The van der Waals surface area contributed by atoms with Gasteiger partial charge in [-0.1, -0.05) is 20.8 Å². The van der Waals surface area contributed by atoms with Crippen molar-refractivity contribution in [2.45, 2.75) is 26.2 Å². The highest BCUT2D eigenvalue weighted by Gasteiger charge is 2.19. The minimum atomic E-state index is -0.0789. The van der Waals surface area contributed by atoms with Gasteiger partial charge in [-0.25, -0.2) is 9.97 Å². The molecule has 0 bridgehead atoms. The molecule has 0 spiro atoms. The van der Waals surface area contributed by atoms with E-state index in [0.717, 1.165) is 23.9 Å². The third-order valence-electron chi connectivity index (χ3n) is 2.43. The maximum atomic E-state index is 5.84. The fourth-order valence-electron chi connectivity index (χ4n) is 1.33. The predicted molar refractivity (Wildman–Crippen MR) is 76.8 cm³/mol. The molecule has 1 heterocycles. The number of rotatable bonds is 4. The average molecular weight is 254 g/mol. The monoisotopic (exact) mass is 254 g/mol. The topological polar surface area (TPSA) is 55.0 Å². The van der Waals surface area contributed by atoms with Crippen LogP contribution in [0.3, 0.4) is 0 Å². The van der Waals surface area contributed by atoms with Crippen LogP contribution < -0.4 is 10.6 Å². The van der Waals surface area contributed by atoms with Crippen LogP contribution in [0.15, 0.2) is 6.07 Å². The van der Waals surface area contributed by atoms with Crippen molar-refractivity contribution in [2.75, 3.05) is 36.2 Å². The van der Waals surface area contributed by atoms with Crippen LogP contribution in [0.25, 0.3) is 0 Å². The van der Waals surface area contributed by atoms with Crippen molar-refractivity contribution < 1.29 is 0 Å². The van der Waals surface area contributed by atoms with Crippen LogP contribution in [0.5, 0.6) is 0 Å². The van der Waals surface area contributed by atoms with Gasteiger partial charge in [0.05, 0.1) is 0 Å². The quantitative estimate of drug-likeness (QED) is 0.892. The lowest BCUT2D eigenvalue weighted by molar-refractivity contribution is 0.546. The molecule has 0 aromatic carbocycles. The van der Waals surface area contributed by atoms with E-state index in [2.05, 4.69) is 41.9 Å². The predicted octanol–water partition coefficient (Wildman–Crippen LogP) is 2.16. The Balaban J connectivity index is 2.97. The first-order valence-electron chi connectivity index (χ1n) is 5.69. The van der Waals surface area contributed by atoms with Gasteiger partial charge in [-0.3, -0.25) is 0 Å². The van der Waals surface area contributed by atoms with Crippen LogP contribution >= 0.6 is 11.8 Å². The van der Waals surface area contributed by atoms with Crippen LogP contribution in [0.2, 0.25) is 0 Å². The van der Waals surface area contributed by atoms with E-state index in [1.165, 1.54) is 0 Å². The molecule has 0 amide bonds. The molecule has 0 saturated carbocycles. The molecule has 17 heavy (non-hydrogen) atoms. The molecule has 0 aliphatic heterocycles. The third kappa shape index (κ3) is 4.07. The lowest BCUT2D eigenvalue weighted by Gasteiger charge is -2.22. The highest BCUT2D eigenvalue weighted by Crippen LogP contribution is 2.22. The summed E-state index contributed by atoms with van der Waals surface area (Å²) in [6.07, 6.45) is 2.10. The van der Waals surface area contributed by atoms with Crippen LogP contribution in [0, 0.1) is 0 Å². The summed E-state index contributed by atoms with van der Waals surface area (Å²) in [7, 11) is 2.03. The molecule has 1 rings (SSSR count). The second-order valence-electron chi connectivity index (χ2n) is 5.14. The molecular formula is C12H22N4S. The normalized spacial score (nSPS) is 11.6. The molecule has 5 heteroatoms. The smallest absolute Gasteiger partial charge is 0.138 e. The van der Waals surface area contributed by atoms with Crippen molar-refractivity contribution in [3.05, 3.63) is 11.9 Å². The molecule has 0 fully saturated rings. The highest BCUT2D eigenvalue weighted by atomic mass is 32.2. The molecule has 4 nitrogen and oxygen atoms in total. The van der Waals surface area contributed by atoms with Gasteiger partial charge >= 0.3 is 0 Å². The second-order valence-corrected chi connectivity index (χ2v) is 6.12. The van der Waals surface area contributed by atoms with Crippen molar-refractivity contribution in [3.63, 3.8) is 0 Å². The largest absolute Gasteiger partial charge is 0.384 e. The number of nitrogens with two attached hydrogens (primary N) is 1. The van der Waals surface area contributed by atoms with Crippen molar-refractivity contribution in [3.8, 4) is 0 Å². The highest BCUT2D eigenvalue weighted by molar-refractivity contribution is 7.98. The number of hydrogen-bond donors (Lipinski definition) is 1. The minimum Gasteiger partial charge on any atom is -0.384 e. The fourth-order valence-corrected chi connectivity index (χ4v) is 1.78. The van der Waals surface area contributed by atoms with Crippen LogP contribution in [0.4, 0.5) is 11.6 Å². The van der Waals surface area contributed by atoms with Gasteiger partial charge in [0.25, 0.3) is 0 Å². The molecule has 96 valence electrons. The number of anilines is 2. The van der Waals surface area contributed by atoms with Crippen LogP contribution in [-0.2, 0) is 5.41 Å². The molecule has 0 unspecified atom stereocenters. The van der Waals surface area contributed by atoms with Crippen molar-refractivity contribution in [1.82, 2.24) is 9.97 Å². The van der Waals surface area contributed by atoms with E-state index in [1.807, 2.05) is 24.9 Å². The molecule has 0 aliphatic carbocycles. The molecule has 1 aromatic heterocycles. The van der Waals surface area contributed by atoms with Crippen LogP contribution in [0.1, 0.15) is 26.6 Å². The Bertz CT molecular complexity index is 373. The molecule has 0 aliphatic rings. The fraction of sp³-hybridized carbons (Fsp3) is 0.667. The van der Waals surface area contributed by atoms with Crippen LogP contribution in [-0.4, -0.2) is 35.6 Å². The Morgan fingerprint density at radius 1 is 1.35 bits per heavy atom.